The number of hydrogen-bond acceptors (Lipinski definition) is 1. The zero-order valence-corrected chi connectivity index (χ0v) is 20.0. The number of imidazole rings is 1. The molecular weight excluding hydrogens is 449 g/mol. The molecule has 0 aliphatic carbocycles. The van der Waals surface area contributed by atoms with Crippen LogP contribution in [0, 0.1) is 0 Å². The number of H-pyrrole nitrogens is 2. The Labute approximate surface area is 210 Å². The number of halogens is 1. The summed E-state index contributed by atoms with van der Waals surface area (Å²) in [5, 5.41) is 1.85. The summed E-state index contributed by atoms with van der Waals surface area (Å²) in [6, 6.07) is 33.3. The van der Waals surface area contributed by atoms with E-state index in [-0.39, 0.29) is 0 Å². The number of nitrogens with one attached hydrogen (secondary N) is 2. The third-order valence-corrected chi connectivity index (χ3v) is 6.65. The average Bonchev–Trinajstić information content (AvgIpc) is 3.54. The molecule has 35 heavy (non-hydrogen) atoms. The highest BCUT2D eigenvalue weighted by atomic mass is 35.5. The molecule has 0 saturated carbocycles. The average molecular weight is 471 g/mol. The Bertz CT molecular complexity index is 1610. The summed E-state index contributed by atoms with van der Waals surface area (Å²) in [7, 11) is 2.11. The van der Waals surface area contributed by atoms with Gasteiger partial charge in [0.25, 0.3) is 0 Å². The number of aromatic nitrogens is 3. The molecule has 4 aromatic carbocycles. The Balaban J connectivity index is 1.49. The maximum absolute atomic E-state index is 6.18. The van der Waals surface area contributed by atoms with Gasteiger partial charge in [-0.25, -0.2) is 4.98 Å². The van der Waals surface area contributed by atoms with Gasteiger partial charge in [0.1, 0.15) is 13.1 Å². The molecule has 0 spiro atoms. The topological polar surface area (TPSA) is 44.5 Å². The fraction of sp³-hybridized carbons (Fsp3) is 0.0333. The van der Waals surface area contributed by atoms with Crippen LogP contribution in [0.5, 0.6) is 0 Å². The Morgan fingerprint density at radius 1 is 0.743 bits per heavy atom. The van der Waals surface area contributed by atoms with Crippen molar-refractivity contribution in [1.29, 1.82) is 0 Å². The van der Waals surface area contributed by atoms with Gasteiger partial charge in [-0.15, -0.1) is 0 Å². The number of rotatable bonds is 5. The number of nitrogens with zero attached hydrogens (tertiary/aromatic N) is 1. The summed E-state index contributed by atoms with van der Waals surface area (Å²) in [6.07, 6.45) is 2.02. The van der Waals surface area contributed by atoms with Crippen LogP contribution < -0.4 is 5.46 Å². The summed E-state index contributed by atoms with van der Waals surface area (Å²) in [6.45, 7) is 2.05. The van der Waals surface area contributed by atoms with E-state index in [0.29, 0.717) is 5.02 Å². The normalized spacial score (nSPS) is 11.1. The SMILES string of the molecule is C[B]c1ccc2[nH]cc(-c3nc(-c4ccc(-c5ccccc5)cc4)c(-c4ccc(Cl)cc4)[nH]3)c2c1. The highest BCUT2D eigenvalue weighted by Gasteiger charge is 2.18. The highest BCUT2D eigenvalue weighted by molar-refractivity contribution is 6.52. The fourth-order valence-corrected chi connectivity index (χ4v) is 4.63. The molecule has 6 rings (SSSR count). The molecule has 0 atom stereocenters. The first-order chi connectivity index (χ1) is 17.2. The monoisotopic (exact) mass is 470 g/mol. The summed E-state index contributed by atoms with van der Waals surface area (Å²) >= 11 is 6.18. The summed E-state index contributed by atoms with van der Waals surface area (Å²) in [5.74, 6) is 0.830. The minimum atomic E-state index is 0.710. The molecule has 2 N–H and O–H groups in total. The lowest BCUT2D eigenvalue weighted by molar-refractivity contribution is 1.31. The third-order valence-electron chi connectivity index (χ3n) is 6.40. The van der Waals surface area contributed by atoms with Gasteiger partial charge in [-0.3, -0.25) is 0 Å². The van der Waals surface area contributed by atoms with Gasteiger partial charge in [0.2, 0.25) is 0 Å². The van der Waals surface area contributed by atoms with Crippen LogP contribution >= 0.6 is 11.6 Å². The maximum Gasteiger partial charge on any atom is 0.148 e. The molecule has 167 valence electrons. The largest absolute Gasteiger partial charge is 0.360 e. The van der Waals surface area contributed by atoms with E-state index >= 15 is 0 Å². The molecule has 0 fully saturated rings. The minimum Gasteiger partial charge on any atom is -0.360 e. The number of aromatic amines is 2. The molecule has 0 unspecified atom stereocenters. The van der Waals surface area contributed by atoms with Gasteiger partial charge in [-0.2, -0.15) is 0 Å². The van der Waals surface area contributed by atoms with E-state index in [0.717, 1.165) is 44.8 Å². The molecule has 1 radical (unpaired) electrons. The molecule has 3 nitrogen and oxygen atoms in total. The van der Waals surface area contributed by atoms with Crippen LogP contribution in [0.15, 0.2) is 103 Å². The van der Waals surface area contributed by atoms with Gasteiger partial charge in [0.15, 0.2) is 0 Å². The number of benzene rings is 4. The first kappa shape index (κ1) is 21.5. The Morgan fingerprint density at radius 2 is 1.43 bits per heavy atom. The number of hydrogen-bond donors (Lipinski definition) is 2. The quantitative estimate of drug-likeness (QED) is 0.250. The van der Waals surface area contributed by atoms with Gasteiger partial charge in [-0.1, -0.05) is 103 Å². The van der Waals surface area contributed by atoms with Crippen LogP contribution in [-0.4, -0.2) is 22.2 Å². The van der Waals surface area contributed by atoms with Crippen molar-refractivity contribution in [3.05, 3.63) is 108 Å². The van der Waals surface area contributed by atoms with Crippen molar-refractivity contribution in [2.45, 2.75) is 6.82 Å². The Morgan fingerprint density at radius 3 is 2.17 bits per heavy atom. The first-order valence-corrected chi connectivity index (χ1v) is 12.0. The molecule has 6 aromatic rings. The standard InChI is InChI=1S/C30H22BClN3/c1-31-23-13-16-27-25(17-23)26(18-33-27)30-34-28(29(35-30)22-11-14-24(32)15-12-22)21-9-7-20(8-10-21)19-5-3-2-4-6-19/h2-18,33H,1H3,(H,34,35). The lowest BCUT2D eigenvalue weighted by Gasteiger charge is -2.06. The van der Waals surface area contributed by atoms with Crippen LogP contribution in [0.1, 0.15) is 0 Å². The van der Waals surface area contributed by atoms with E-state index < -0.39 is 0 Å². The lowest BCUT2D eigenvalue weighted by Crippen LogP contribution is -2.08. The van der Waals surface area contributed by atoms with Crippen molar-refractivity contribution in [3.63, 3.8) is 0 Å². The van der Waals surface area contributed by atoms with E-state index in [1.165, 1.54) is 16.6 Å². The van der Waals surface area contributed by atoms with E-state index in [9.17, 15) is 0 Å². The molecule has 2 aromatic heterocycles. The molecule has 0 saturated heterocycles. The summed E-state index contributed by atoms with van der Waals surface area (Å²) < 4.78 is 0. The van der Waals surface area contributed by atoms with Gasteiger partial charge < -0.3 is 9.97 Å². The van der Waals surface area contributed by atoms with Gasteiger partial charge in [-0.05, 0) is 29.3 Å². The van der Waals surface area contributed by atoms with Crippen molar-refractivity contribution in [2.75, 3.05) is 0 Å². The minimum absolute atomic E-state index is 0.710. The molecule has 0 aliphatic heterocycles. The van der Waals surface area contributed by atoms with E-state index in [2.05, 4.69) is 90.8 Å². The predicted octanol–water partition coefficient (Wildman–Crippen LogP) is 7.59. The van der Waals surface area contributed by atoms with Crippen molar-refractivity contribution in [2.24, 2.45) is 0 Å². The highest BCUT2D eigenvalue weighted by Crippen LogP contribution is 2.36. The van der Waals surface area contributed by atoms with Crippen LogP contribution in [0.25, 0.3) is 55.9 Å². The Kier molecular flexibility index (Phi) is 5.52. The van der Waals surface area contributed by atoms with E-state index in [1.807, 2.05) is 36.5 Å². The van der Waals surface area contributed by atoms with Crippen LogP contribution in [0.3, 0.4) is 0 Å². The molecule has 0 aliphatic rings. The van der Waals surface area contributed by atoms with Crippen molar-refractivity contribution in [3.8, 4) is 45.0 Å². The van der Waals surface area contributed by atoms with Crippen LogP contribution in [0.4, 0.5) is 0 Å². The zero-order chi connectivity index (χ0) is 23.8. The molecule has 5 heteroatoms. The van der Waals surface area contributed by atoms with Crippen molar-refractivity contribution < 1.29 is 0 Å². The summed E-state index contributed by atoms with van der Waals surface area (Å²) in [5.41, 5.74) is 9.66. The second-order valence-electron chi connectivity index (χ2n) is 8.56. The second-order valence-corrected chi connectivity index (χ2v) is 8.99. The predicted molar refractivity (Wildman–Crippen MR) is 148 cm³/mol. The van der Waals surface area contributed by atoms with Crippen LogP contribution in [0.2, 0.25) is 11.8 Å². The first-order valence-electron chi connectivity index (χ1n) is 11.6. The van der Waals surface area contributed by atoms with Gasteiger partial charge >= 0.3 is 0 Å². The third kappa shape index (κ3) is 4.07. The van der Waals surface area contributed by atoms with E-state index in [1.54, 1.807) is 0 Å². The number of fused-ring (bicyclic) bond motifs is 1. The Hall–Kier alpha value is -4.02. The molecule has 2 heterocycles. The van der Waals surface area contributed by atoms with Gasteiger partial charge in [0.05, 0.1) is 11.4 Å². The van der Waals surface area contributed by atoms with Crippen molar-refractivity contribution in [1.82, 2.24) is 15.0 Å². The molecular formula is C30H22BClN3. The summed E-state index contributed by atoms with van der Waals surface area (Å²) in [4.78, 5) is 12.1. The fourth-order valence-electron chi connectivity index (χ4n) is 4.50. The molecule has 0 amide bonds. The maximum atomic E-state index is 6.18. The van der Waals surface area contributed by atoms with Gasteiger partial charge in [0, 0.05) is 38.8 Å². The van der Waals surface area contributed by atoms with Crippen molar-refractivity contribution >= 4 is 35.2 Å². The lowest BCUT2D eigenvalue weighted by atomic mass is 9.73. The zero-order valence-electron chi connectivity index (χ0n) is 19.2. The molecule has 0 bridgehead atoms. The second kappa shape index (κ2) is 8.97. The van der Waals surface area contributed by atoms with E-state index in [4.69, 9.17) is 16.6 Å². The van der Waals surface area contributed by atoms with Crippen LogP contribution in [-0.2, 0) is 0 Å². The smallest absolute Gasteiger partial charge is 0.148 e.